The second-order valence-electron chi connectivity index (χ2n) is 4.54. The summed E-state index contributed by atoms with van der Waals surface area (Å²) in [4.78, 5) is 29.0. The zero-order valence-corrected chi connectivity index (χ0v) is 15.0. The molecule has 8 heteroatoms. The van der Waals surface area contributed by atoms with Gasteiger partial charge in [-0.2, -0.15) is 4.57 Å². The molecule has 2 heterocycles. The Bertz CT molecular complexity index is 667. The van der Waals surface area contributed by atoms with Crippen LogP contribution in [0.1, 0.15) is 33.0 Å². The van der Waals surface area contributed by atoms with Crippen molar-refractivity contribution < 1.29 is 31.3 Å². The quantitative estimate of drug-likeness (QED) is 0.380. The fourth-order valence-electron chi connectivity index (χ4n) is 1.76. The Balaban J connectivity index is 0.00000242. The molecule has 0 N–H and O–H groups in total. The van der Waals surface area contributed by atoms with E-state index in [0.29, 0.717) is 17.3 Å². The molecule has 0 aromatic carbocycles. The molecule has 0 saturated heterocycles. The maximum Gasteiger partial charge on any atom is 0.311 e. The third-order valence-corrected chi connectivity index (χ3v) is 4.97. The summed E-state index contributed by atoms with van der Waals surface area (Å²) in [5.74, 6) is -0.360. The Morgan fingerprint density at radius 1 is 1.32 bits per heavy atom. The van der Waals surface area contributed by atoms with Gasteiger partial charge in [-0.3, -0.25) is 9.59 Å². The fraction of sp³-hybridized carbons (Fsp3) is 0.429. The minimum atomic E-state index is -0.319. The number of aryl methyl sites for hydroxylation is 1. The lowest BCUT2D eigenvalue weighted by atomic mass is 10.3. The number of Topliss-reactive ketones (excluding diaryl/α,β-unsaturated/α-hetero) is 1. The minimum absolute atomic E-state index is 0. The largest absolute Gasteiger partial charge is 1.00 e. The molecule has 0 radical (unpaired) electrons. The Labute approximate surface area is 143 Å². The summed E-state index contributed by atoms with van der Waals surface area (Å²) in [5, 5.41) is 2.17. The molecule has 0 atom stereocenters. The molecule has 0 amide bonds. The van der Waals surface area contributed by atoms with Crippen molar-refractivity contribution in [1.29, 1.82) is 0 Å². The van der Waals surface area contributed by atoms with Gasteiger partial charge in [0.05, 0.1) is 23.6 Å². The van der Waals surface area contributed by atoms with E-state index in [9.17, 15) is 9.59 Å². The molecular weight excluding hydrogens is 344 g/mol. The topological polar surface area (TPSA) is 60.1 Å². The number of aromatic nitrogens is 2. The molecule has 5 nitrogen and oxygen atoms in total. The summed E-state index contributed by atoms with van der Waals surface area (Å²) in [6.07, 6.45) is 0.112. The lowest BCUT2D eigenvalue weighted by molar-refractivity contribution is -0.684. The van der Waals surface area contributed by atoms with Gasteiger partial charge in [-0.15, -0.1) is 11.3 Å². The molecule has 22 heavy (non-hydrogen) atoms. The van der Waals surface area contributed by atoms with Gasteiger partial charge in [0.2, 0.25) is 12.1 Å². The maximum absolute atomic E-state index is 12.2. The molecule has 0 spiro atoms. The first-order chi connectivity index (χ1) is 10.0. The van der Waals surface area contributed by atoms with E-state index in [1.807, 2.05) is 23.9 Å². The first kappa shape index (κ1) is 18.7. The van der Waals surface area contributed by atoms with Crippen LogP contribution >= 0.6 is 22.7 Å². The molecule has 0 fully saturated rings. The van der Waals surface area contributed by atoms with E-state index in [2.05, 4.69) is 4.98 Å². The van der Waals surface area contributed by atoms with Crippen LogP contribution < -0.4 is 17.0 Å². The standard InChI is InChI=1S/C14H17N2O3S2.ClH/c1-4-19-13(18)5-11-7-20-14(15-11)12(17)6-16-8-21-10(3)9(16)2;/h7-8H,4-6H2,1-3H3;1H/q+1;/p-1. The van der Waals surface area contributed by atoms with Gasteiger partial charge in [0.15, 0.2) is 10.7 Å². The van der Waals surface area contributed by atoms with Gasteiger partial charge >= 0.3 is 5.97 Å². The summed E-state index contributed by atoms with van der Waals surface area (Å²) in [6.45, 7) is 6.41. The molecule has 2 rings (SSSR count). The van der Waals surface area contributed by atoms with Crippen molar-refractivity contribution in [2.45, 2.75) is 33.7 Å². The monoisotopic (exact) mass is 360 g/mol. The Hall–Kier alpha value is -1.31. The number of ketones is 1. The molecule has 120 valence electrons. The molecule has 0 bridgehead atoms. The van der Waals surface area contributed by atoms with Crippen molar-refractivity contribution in [3.63, 3.8) is 0 Å². The zero-order chi connectivity index (χ0) is 15.4. The van der Waals surface area contributed by atoms with E-state index in [4.69, 9.17) is 4.74 Å². The zero-order valence-electron chi connectivity index (χ0n) is 12.6. The van der Waals surface area contributed by atoms with Gasteiger partial charge in [0.25, 0.3) is 5.78 Å². The van der Waals surface area contributed by atoms with Gasteiger partial charge in [-0.05, 0) is 13.8 Å². The summed E-state index contributed by atoms with van der Waals surface area (Å²) < 4.78 is 6.79. The van der Waals surface area contributed by atoms with Crippen LogP contribution in [-0.4, -0.2) is 23.3 Å². The summed E-state index contributed by atoms with van der Waals surface area (Å²) in [6, 6.07) is 0. The molecule has 0 aliphatic carbocycles. The third kappa shape index (κ3) is 4.59. The van der Waals surface area contributed by atoms with Gasteiger partial charge < -0.3 is 17.1 Å². The van der Waals surface area contributed by atoms with Crippen molar-refractivity contribution in [3.8, 4) is 0 Å². The number of nitrogens with zero attached hydrogens (tertiary/aromatic N) is 2. The van der Waals surface area contributed by atoms with Crippen molar-refractivity contribution >= 4 is 34.4 Å². The van der Waals surface area contributed by atoms with E-state index < -0.39 is 0 Å². The summed E-state index contributed by atoms with van der Waals surface area (Å²) in [7, 11) is 0. The Kier molecular flexibility index (Phi) is 7.12. The number of hydrogen-bond acceptors (Lipinski definition) is 6. The Morgan fingerprint density at radius 2 is 2.05 bits per heavy atom. The number of rotatable bonds is 6. The van der Waals surface area contributed by atoms with E-state index >= 15 is 0 Å². The highest BCUT2D eigenvalue weighted by Gasteiger charge is 2.20. The average molecular weight is 361 g/mol. The lowest BCUT2D eigenvalue weighted by Crippen LogP contribution is -3.00. The van der Waals surface area contributed by atoms with Crippen LogP contribution in [0.5, 0.6) is 0 Å². The second-order valence-corrected chi connectivity index (χ2v) is 6.46. The number of ether oxygens (including phenoxy) is 1. The van der Waals surface area contributed by atoms with Crippen LogP contribution in [0.15, 0.2) is 10.9 Å². The van der Waals surface area contributed by atoms with Crippen LogP contribution in [-0.2, 0) is 22.5 Å². The van der Waals surface area contributed by atoms with Crippen LogP contribution in [0.25, 0.3) is 0 Å². The lowest BCUT2D eigenvalue weighted by Gasteiger charge is -1.98. The molecule has 0 saturated carbocycles. The smallest absolute Gasteiger partial charge is 0.311 e. The number of hydrogen-bond donors (Lipinski definition) is 0. The Morgan fingerprint density at radius 3 is 2.64 bits per heavy atom. The van der Waals surface area contributed by atoms with Crippen molar-refractivity contribution in [2.24, 2.45) is 0 Å². The highest BCUT2D eigenvalue weighted by molar-refractivity contribution is 7.11. The molecule has 2 aromatic rings. The second kappa shape index (κ2) is 8.36. The number of thiazole rings is 2. The van der Waals surface area contributed by atoms with E-state index in [1.165, 1.54) is 16.2 Å². The number of esters is 1. The van der Waals surface area contributed by atoms with Crippen LogP contribution in [0.3, 0.4) is 0 Å². The van der Waals surface area contributed by atoms with Crippen molar-refractivity contribution in [2.75, 3.05) is 6.61 Å². The number of carbonyl (C=O) groups is 2. The molecule has 0 aliphatic rings. The third-order valence-electron chi connectivity index (χ3n) is 3.03. The first-order valence-corrected chi connectivity index (χ1v) is 8.34. The van der Waals surface area contributed by atoms with Gasteiger partial charge in [-0.25, -0.2) is 4.98 Å². The molecule has 0 aliphatic heterocycles. The summed E-state index contributed by atoms with van der Waals surface area (Å²) >= 11 is 2.89. The predicted molar refractivity (Wildman–Crippen MR) is 80.8 cm³/mol. The highest BCUT2D eigenvalue weighted by Crippen LogP contribution is 2.13. The number of halogens is 1. The van der Waals surface area contributed by atoms with Crippen LogP contribution in [0.4, 0.5) is 0 Å². The van der Waals surface area contributed by atoms with E-state index in [1.54, 1.807) is 23.6 Å². The molecule has 2 aromatic heterocycles. The van der Waals surface area contributed by atoms with E-state index in [0.717, 1.165) is 5.69 Å². The van der Waals surface area contributed by atoms with Gasteiger partial charge in [0.1, 0.15) is 0 Å². The first-order valence-electron chi connectivity index (χ1n) is 6.58. The van der Waals surface area contributed by atoms with Crippen molar-refractivity contribution in [1.82, 2.24) is 4.98 Å². The fourth-order valence-corrected chi connectivity index (χ4v) is 3.32. The molecule has 0 unspecified atom stereocenters. The number of carbonyl (C=O) groups excluding carboxylic acids is 2. The maximum atomic E-state index is 12.2. The van der Waals surface area contributed by atoms with E-state index in [-0.39, 0.29) is 37.1 Å². The molecular formula is C14H17ClN2O3S2. The van der Waals surface area contributed by atoms with Crippen LogP contribution in [0, 0.1) is 13.8 Å². The predicted octanol–water partition coefficient (Wildman–Crippen LogP) is -0.899. The van der Waals surface area contributed by atoms with Gasteiger partial charge in [-0.1, -0.05) is 11.3 Å². The van der Waals surface area contributed by atoms with Gasteiger partial charge in [0, 0.05) is 12.3 Å². The minimum Gasteiger partial charge on any atom is -1.00 e. The summed E-state index contributed by atoms with van der Waals surface area (Å²) in [5.41, 5.74) is 3.62. The SMILES string of the molecule is CCOC(=O)Cc1csc(C(=O)C[n+]2csc(C)c2C)n1.[Cl-]. The normalized spacial score (nSPS) is 10.1. The van der Waals surface area contributed by atoms with Crippen LogP contribution in [0.2, 0.25) is 0 Å². The van der Waals surface area contributed by atoms with Crippen molar-refractivity contribution in [3.05, 3.63) is 32.2 Å². The highest BCUT2D eigenvalue weighted by atomic mass is 35.5. The average Bonchev–Trinajstić information content (AvgIpc) is 3.01.